The average molecular weight is 499 g/mol. The molecule has 0 radical (unpaired) electrons. The molecule has 0 bridgehead atoms. The zero-order chi connectivity index (χ0) is 24.1. The quantitative estimate of drug-likeness (QED) is 0.332. The highest BCUT2D eigenvalue weighted by Crippen LogP contribution is 2.37. The molecule has 0 aliphatic rings. The lowest BCUT2D eigenvalue weighted by atomic mass is 10.1. The molecule has 4 aromatic rings. The lowest BCUT2D eigenvalue weighted by molar-refractivity contribution is 0.379. The lowest BCUT2D eigenvalue weighted by Gasteiger charge is -2.20. The third-order valence-corrected chi connectivity index (χ3v) is 6.44. The molecule has 2 atom stereocenters. The monoisotopic (exact) mass is 498 g/mol. The number of nitrogens with one attached hydrogen (secondary N) is 1. The lowest BCUT2D eigenvalue weighted by Crippen LogP contribution is -2.15. The number of hydrogen-bond donors (Lipinski definition) is 1. The largest absolute Gasteiger partial charge is 0.494 e. The number of anilines is 1. The van der Waals surface area contributed by atoms with E-state index in [0.29, 0.717) is 39.9 Å². The Labute approximate surface area is 206 Å². The molecule has 2 unspecified atom stereocenters. The summed E-state index contributed by atoms with van der Waals surface area (Å²) in [4.78, 5) is 17.3. The van der Waals surface area contributed by atoms with E-state index in [2.05, 4.69) is 48.7 Å². The zero-order valence-corrected chi connectivity index (χ0v) is 20.6. The predicted molar refractivity (Wildman–Crippen MR) is 132 cm³/mol. The number of halogens is 1. The molecule has 12 heteroatoms. The molecular formula is C22H23ClN8O2S. The van der Waals surface area contributed by atoms with Gasteiger partial charge in [0.2, 0.25) is 11.8 Å². The van der Waals surface area contributed by atoms with Crippen LogP contribution < -0.4 is 14.2 Å². The summed E-state index contributed by atoms with van der Waals surface area (Å²) in [6.07, 6.45) is 8.24. The summed E-state index contributed by atoms with van der Waals surface area (Å²) < 4.78 is 16.3. The van der Waals surface area contributed by atoms with Gasteiger partial charge in [0, 0.05) is 53.8 Å². The van der Waals surface area contributed by atoms with Crippen molar-refractivity contribution >= 4 is 29.5 Å². The van der Waals surface area contributed by atoms with Crippen molar-refractivity contribution in [1.82, 2.24) is 34.7 Å². The van der Waals surface area contributed by atoms with Gasteiger partial charge in [-0.25, -0.2) is 15.0 Å². The van der Waals surface area contributed by atoms with Crippen molar-refractivity contribution in [3.8, 4) is 28.7 Å². The van der Waals surface area contributed by atoms with Gasteiger partial charge in [-0.05, 0) is 24.1 Å². The first kappa shape index (κ1) is 23.7. The first-order valence-corrected chi connectivity index (χ1v) is 11.6. The van der Waals surface area contributed by atoms with E-state index in [4.69, 9.17) is 21.1 Å². The Bertz CT molecular complexity index is 1220. The molecule has 0 spiro atoms. The maximum atomic E-state index is 5.92. The summed E-state index contributed by atoms with van der Waals surface area (Å²) in [6, 6.07) is 5.50. The number of rotatable bonds is 9. The number of pyridine rings is 2. The minimum absolute atomic E-state index is 0.0476. The van der Waals surface area contributed by atoms with Gasteiger partial charge in [0.05, 0.1) is 19.2 Å². The van der Waals surface area contributed by atoms with Crippen molar-refractivity contribution < 1.29 is 9.47 Å². The summed E-state index contributed by atoms with van der Waals surface area (Å²) in [5.74, 6) is 2.71. The molecule has 0 aromatic carbocycles. The first-order valence-electron chi connectivity index (χ1n) is 10.4. The van der Waals surface area contributed by atoms with Crippen LogP contribution in [-0.2, 0) is 0 Å². The average Bonchev–Trinajstić information content (AvgIpc) is 3.30. The summed E-state index contributed by atoms with van der Waals surface area (Å²) in [5.41, 5.74) is 1.35. The maximum Gasteiger partial charge on any atom is 0.242 e. The predicted octanol–water partition coefficient (Wildman–Crippen LogP) is 4.44. The second-order valence-corrected chi connectivity index (χ2v) is 8.89. The van der Waals surface area contributed by atoms with E-state index < -0.39 is 0 Å². The molecule has 0 fully saturated rings. The first-order chi connectivity index (χ1) is 16.5. The van der Waals surface area contributed by atoms with E-state index in [9.17, 15) is 0 Å². The van der Waals surface area contributed by atoms with Gasteiger partial charge in [0.15, 0.2) is 11.5 Å². The molecule has 0 saturated carbocycles. The Kier molecular flexibility index (Phi) is 7.43. The van der Waals surface area contributed by atoms with Crippen molar-refractivity contribution in [2.45, 2.75) is 25.0 Å². The summed E-state index contributed by atoms with van der Waals surface area (Å²) in [6.45, 7) is 4.13. The van der Waals surface area contributed by atoms with Gasteiger partial charge in [0.25, 0.3) is 0 Å². The van der Waals surface area contributed by atoms with E-state index >= 15 is 0 Å². The number of methoxy groups -OCH3 is 2. The smallest absolute Gasteiger partial charge is 0.242 e. The van der Waals surface area contributed by atoms with Gasteiger partial charge in [-0.15, -0.1) is 10.2 Å². The number of hydrogen-bond acceptors (Lipinski definition) is 10. The van der Waals surface area contributed by atoms with Crippen molar-refractivity contribution in [2.75, 3.05) is 18.9 Å². The molecule has 0 saturated heterocycles. The minimum Gasteiger partial charge on any atom is -0.494 e. The molecule has 0 aliphatic carbocycles. The van der Waals surface area contributed by atoms with Gasteiger partial charge in [-0.3, -0.25) is 14.3 Å². The molecule has 34 heavy (non-hydrogen) atoms. The van der Waals surface area contributed by atoms with Crippen LogP contribution in [0.4, 0.5) is 5.95 Å². The summed E-state index contributed by atoms with van der Waals surface area (Å²) >= 11 is 7.40. The van der Waals surface area contributed by atoms with Crippen LogP contribution in [0.15, 0.2) is 49.2 Å². The summed E-state index contributed by atoms with van der Waals surface area (Å²) in [5, 5.41) is 9.42. The van der Waals surface area contributed by atoms with Crippen LogP contribution in [0, 0.1) is 0 Å². The normalized spacial score (nSPS) is 12.7. The summed E-state index contributed by atoms with van der Waals surface area (Å²) in [7, 11) is 3.14. The van der Waals surface area contributed by atoms with Crippen LogP contribution in [0.3, 0.4) is 0 Å². The molecule has 0 amide bonds. The van der Waals surface area contributed by atoms with Gasteiger partial charge >= 0.3 is 0 Å². The minimum atomic E-state index is 0.0476. The fourth-order valence-electron chi connectivity index (χ4n) is 3.20. The Morgan fingerprint density at radius 3 is 2.47 bits per heavy atom. The number of aromatic nitrogens is 7. The Balaban J connectivity index is 1.70. The standard InChI is InChI=1S/C22H23ClN8O2S/c1-13(19-26-11-16(23)12-27-19)14(2)34-30-22-29-28-20(15-6-5-8-24-10-15)31(22)18-17(32-3)7-9-25-21(18)33-4/h5-14H,1-4H3,(H,29,30). The van der Waals surface area contributed by atoms with E-state index in [1.54, 1.807) is 51.3 Å². The second-order valence-electron chi connectivity index (χ2n) is 7.27. The third kappa shape index (κ3) is 4.90. The molecule has 4 rings (SSSR count). The van der Waals surface area contributed by atoms with Gasteiger partial charge in [0.1, 0.15) is 11.6 Å². The van der Waals surface area contributed by atoms with Crippen molar-refractivity contribution in [2.24, 2.45) is 0 Å². The van der Waals surface area contributed by atoms with Gasteiger partial charge in [-0.2, -0.15) is 0 Å². The highest BCUT2D eigenvalue weighted by molar-refractivity contribution is 8.01. The Hall–Kier alpha value is -3.44. The van der Waals surface area contributed by atoms with Crippen molar-refractivity contribution in [1.29, 1.82) is 0 Å². The van der Waals surface area contributed by atoms with Gasteiger partial charge < -0.3 is 9.47 Å². The fourth-order valence-corrected chi connectivity index (χ4v) is 4.04. The second kappa shape index (κ2) is 10.7. The van der Waals surface area contributed by atoms with Crippen LogP contribution in [0.5, 0.6) is 11.6 Å². The molecule has 4 heterocycles. The molecule has 4 aromatic heterocycles. The zero-order valence-electron chi connectivity index (χ0n) is 19.0. The third-order valence-electron chi connectivity index (χ3n) is 5.16. The molecule has 0 aliphatic heterocycles. The topological polar surface area (TPSA) is 113 Å². The van der Waals surface area contributed by atoms with E-state index in [1.807, 2.05) is 16.7 Å². The van der Waals surface area contributed by atoms with Gasteiger partial charge in [-0.1, -0.05) is 25.4 Å². The van der Waals surface area contributed by atoms with Crippen LogP contribution in [-0.4, -0.2) is 54.2 Å². The Morgan fingerprint density at radius 2 is 1.79 bits per heavy atom. The highest BCUT2D eigenvalue weighted by Gasteiger charge is 2.25. The molecular weight excluding hydrogens is 476 g/mol. The maximum absolute atomic E-state index is 5.92. The van der Waals surface area contributed by atoms with Crippen LogP contribution >= 0.6 is 23.5 Å². The van der Waals surface area contributed by atoms with E-state index in [1.165, 1.54) is 11.9 Å². The van der Waals surface area contributed by atoms with E-state index in [0.717, 1.165) is 5.56 Å². The molecule has 10 nitrogen and oxygen atoms in total. The van der Waals surface area contributed by atoms with Crippen LogP contribution in [0.25, 0.3) is 17.1 Å². The molecule has 176 valence electrons. The number of nitrogens with zero attached hydrogens (tertiary/aromatic N) is 7. The highest BCUT2D eigenvalue weighted by atomic mass is 35.5. The number of ether oxygens (including phenoxy) is 2. The SMILES string of the molecule is COc1ccnc(OC)c1-n1c(NSC(C)C(C)c2ncc(Cl)cn2)nnc1-c1cccnc1. The fraction of sp³-hybridized carbons (Fsp3) is 0.273. The van der Waals surface area contributed by atoms with Crippen molar-refractivity contribution in [3.05, 3.63) is 60.0 Å². The van der Waals surface area contributed by atoms with Crippen LogP contribution in [0.1, 0.15) is 25.6 Å². The van der Waals surface area contributed by atoms with Crippen LogP contribution in [0.2, 0.25) is 5.02 Å². The van der Waals surface area contributed by atoms with Crippen molar-refractivity contribution in [3.63, 3.8) is 0 Å². The molecule has 1 N–H and O–H groups in total. The van der Waals surface area contributed by atoms with E-state index in [-0.39, 0.29) is 11.2 Å². The Morgan fingerprint density at radius 1 is 1.00 bits per heavy atom.